The zero-order chi connectivity index (χ0) is 28.3. The fourth-order valence-electron chi connectivity index (χ4n) is 6.24. The molecule has 0 fully saturated rings. The number of hydrogen-bond donors (Lipinski definition) is 0. The van der Waals surface area contributed by atoms with Gasteiger partial charge in [0.05, 0.1) is 4.90 Å². The summed E-state index contributed by atoms with van der Waals surface area (Å²) in [4.78, 5) is 0.333. The van der Waals surface area contributed by atoms with Crippen molar-refractivity contribution in [1.29, 1.82) is 0 Å². The Morgan fingerprint density at radius 2 is 1.05 bits per heavy atom. The zero-order valence-electron chi connectivity index (χ0n) is 23.5. The van der Waals surface area contributed by atoms with E-state index in [0.717, 1.165) is 44.3 Å². The molecule has 0 aliphatic carbocycles. The maximum atomic E-state index is 14.0. The molecular weight excluding hydrogens is 522 g/mol. The van der Waals surface area contributed by atoms with E-state index in [4.69, 9.17) is 0 Å². The van der Waals surface area contributed by atoms with Crippen molar-refractivity contribution in [2.45, 2.75) is 38.8 Å². The van der Waals surface area contributed by atoms with Crippen molar-refractivity contribution in [2.24, 2.45) is 0 Å². The highest BCUT2D eigenvalue weighted by Crippen LogP contribution is 2.48. The largest absolute Gasteiger partial charge is 0.243 e. The van der Waals surface area contributed by atoms with Gasteiger partial charge in [0, 0.05) is 13.1 Å². The van der Waals surface area contributed by atoms with E-state index >= 15 is 0 Å². The molecule has 0 aromatic heterocycles. The summed E-state index contributed by atoms with van der Waals surface area (Å²) in [7, 11) is -3.70. The Kier molecular flexibility index (Phi) is 6.07. The molecule has 1 aliphatic rings. The number of fused-ring (bicyclic) bond motifs is 4. The van der Waals surface area contributed by atoms with Gasteiger partial charge in [-0.1, -0.05) is 114 Å². The number of sulfonamides is 1. The van der Waals surface area contributed by atoms with Gasteiger partial charge in [-0.05, 0) is 87.8 Å². The average molecular weight is 554 g/mol. The van der Waals surface area contributed by atoms with Crippen LogP contribution in [0.25, 0.3) is 43.8 Å². The van der Waals surface area contributed by atoms with Gasteiger partial charge >= 0.3 is 0 Å². The monoisotopic (exact) mass is 553 g/mol. The predicted octanol–water partition coefficient (Wildman–Crippen LogP) is 8.96. The standard InChI is InChI=1S/C37H31NO2S/c1-24-8-14-28(15-9-24)35-32-21-18-27-6-4-5-7-31(27)37(32)36(29-16-10-25(2)11-17-29)34-23-38(22-33(34)35)41(39,40)30-19-12-26(3)13-20-30/h4-21H,22-23H2,1-3H3. The lowest BCUT2D eigenvalue weighted by atomic mass is 9.82. The fourth-order valence-corrected chi connectivity index (χ4v) is 7.62. The summed E-state index contributed by atoms with van der Waals surface area (Å²) in [5, 5.41) is 4.68. The Hall–Kier alpha value is -4.25. The minimum Gasteiger partial charge on any atom is -0.207 e. The maximum Gasteiger partial charge on any atom is 0.243 e. The van der Waals surface area contributed by atoms with Crippen LogP contribution in [-0.4, -0.2) is 12.7 Å². The van der Waals surface area contributed by atoms with Gasteiger partial charge in [-0.2, -0.15) is 4.31 Å². The van der Waals surface area contributed by atoms with E-state index in [1.165, 1.54) is 27.3 Å². The van der Waals surface area contributed by atoms with Crippen LogP contribution in [0.5, 0.6) is 0 Å². The summed E-state index contributed by atoms with van der Waals surface area (Å²) < 4.78 is 29.7. The topological polar surface area (TPSA) is 37.4 Å². The third kappa shape index (κ3) is 4.26. The van der Waals surface area contributed by atoms with Gasteiger partial charge in [0.1, 0.15) is 0 Å². The molecule has 1 aliphatic heterocycles. The molecule has 0 radical (unpaired) electrons. The lowest BCUT2D eigenvalue weighted by Crippen LogP contribution is -2.25. The molecule has 202 valence electrons. The molecule has 0 atom stereocenters. The summed E-state index contributed by atoms with van der Waals surface area (Å²) in [6.45, 7) is 6.82. The van der Waals surface area contributed by atoms with E-state index < -0.39 is 10.0 Å². The Balaban J connectivity index is 1.58. The van der Waals surface area contributed by atoms with E-state index in [-0.39, 0.29) is 0 Å². The molecule has 0 amide bonds. The highest BCUT2D eigenvalue weighted by Gasteiger charge is 2.35. The normalized spacial score (nSPS) is 13.6. The van der Waals surface area contributed by atoms with Gasteiger partial charge in [0.15, 0.2) is 0 Å². The van der Waals surface area contributed by atoms with Gasteiger partial charge < -0.3 is 0 Å². The SMILES string of the molecule is Cc1ccc(-c2c3c(c(-c4ccc(C)cc4)c4c2ccc2ccccc24)CN(S(=O)(=O)c2ccc(C)cc2)C3)cc1. The second-order valence-electron chi connectivity index (χ2n) is 11.2. The lowest BCUT2D eigenvalue weighted by molar-refractivity contribution is 0.432. The fraction of sp³-hybridized carbons (Fsp3) is 0.135. The summed E-state index contributed by atoms with van der Waals surface area (Å²) in [5.74, 6) is 0. The first-order valence-corrected chi connectivity index (χ1v) is 15.5. The van der Waals surface area contributed by atoms with Crippen LogP contribution in [0.3, 0.4) is 0 Å². The number of hydrogen-bond acceptors (Lipinski definition) is 2. The van der Waals surface area contributed by atoms with E-state index in [9.17, 15) is 8.42 Å². The first-order chi connectivity index (χ1) is 19.8. The second-order valence-corrected chi connectivity index (χ2v) is 13.2. The lowest BCUT2D eigenvalue weighted by Gasteiger charge is -2.20. The van der Waals surface area contributed by atoms with Crippen LogP contribution in [0.4, 0.5) is 0 Å². The third-order valence-corrected chi connectivity index (χ3v) is 10.2. The molecule has 3 nitrogen and oxygen atoms in total. The molecule has 0 spiro atoms. The van der Waals surface area contributed by atoms with Crippen LogP contribution in [-0.2, 0) is 23.1 Å². The van der Waals surface area contributed by atoms with Crippen molar-refractivity contribution in [3.05, 3.63) is 137 Å². The van der Waals surface area contributed by atoms with E-state index in [2.05, 4.69) is 98.8 Å². The highest BCUT2D eigenvalue weighted by atomic mass is 32.2. The Bertz CT molecular complexity index is 2060. The van der Waals surface area contributed by atoms with Crippen molar-refractivity contribution < 1.29 is 8.42 Å². The van der Waals surface area contributed by atoms with Gasteiger partial charge in [-0.25, -0.2) is 8.42 Å². The predicted molar refractivity (Wildman–Crippen MR) is 169 cm³/mol. The van der Waals surface area contributed by atoms with Crippen LogP contribution in [0, 0.1) is 20.8 Å². The van der Waals surface area contributed by atoms with Crippen molar-refractivity contribution in [3.63, 3.8) is 0 Å². The Morgan fingerprint density at radius 1 is 0.537 bits per heavy atom. The van der Waals surface area contributed by atoms with Crippen LogP contribution in [0.2, 0.25) is 0 Å². The molecule has 1 heterocycles. The molecule has 0 N–H and O–H groups in total. The number of benzene rings is 6. The second kappa shape index (κ2) is 9.69. The van der Waals surface area contributed by atoms with Crippen molar-refractivity contribution >= 4 is 31.6 Å². The molecule has 0 saturated carbocycles. The summed E-state index contributed by atoms with van der Waals surface area (Å²) in [5.41, 5.74) is 10.1. The van der Waals surface area contributed by atoms with Gasteiger partial charge in [-0.15, -0.1) is 0 Å². The maximum absolute atomic E-state index is 14.0. The zero-order valence-corrected chi connectivity index (χ0v) is 24.3. The molecule has 41 heavy (non-hydrogen) atoms. The Morgan fingerprint density at radius 3 is 1.66 bits per heavy atom. The van der Waals surface area contributed by atoms with Gasteiger partial charge in [0.2, 0.25) is 10.0 Å². The molecular formula is C37H31NO2S. The summed E-state index contributed by atoms with van der Waals surface area (Å²) in [6, 6.07) is 37.3. The Labute approximate surface area is 241 Å². The molecule has 6 aromatic carbocycles. The van der Waals surface area contributed by atoms with E-state index in [1.807, 2.05) is 19.1 Å². The molecule has 7 rings (SSSR count). The quantitative estimate of drug-likeness (QED) is 0.204. The van der Waals surface area contributed by atoms with Gasteiger partial charge in [0.25, 0.3) is 0 Å². The molecule has 6 aromatic rings. The molecule has 0 saturated heterocycles. The third-order valence-electron chi connectivity index (χ3n) is 8.42. The van der Waals surface area contributed by atoms with E-state index in [1.54, 1.807) is 16.4 Å². The molecule has 4 heteroatoms. The minimum absolute atomic E-state index is 0.326. The molecule has 0 unspecified atom stereocenters. The summed E-state index contributed by atoms with van der Waals surface area (Å²) in [6.07, 6.45) is 0. The highest BCUT2D eigenvalue weighted by molar-refractivity contribution is 7.89. The van der Waals surface area contributed by atoms with Gasteiger partial charge in [-0.3, -0.25) is 0 Å². The smallest absolute Gasteiger partial charge is 0.207 e. The number of aryl methyl sites for hydroxylation is 3. The van der Waals surface area contributed by atoms with Crippen LogP contribution in [0.15, 0.2) is 114 Å². The minimum atomic E-state index is -3.70. The average Bonchev–Trinajstić information content (AvgIpc) is 3.43. The van der Waals surface area contributed by atoms with Crippen LogP contribution in [0.1, 0.15) is 27.8 Å². The van der Waals surface area contributed by atoms with Crippen LogP contribution < -0.4 is 0 Å². The van der Waals surface area contributed by atoms with Crippen molar-refractivity contribution in [1.82, 2.24) is 4.31 Å². The van der Waals surface area contributed by atoms with E-state index in [0.29, 0.717) is 18.0 Å². The van der Waals surface area contributed by atoms with Crippen LogP contribution >= 0.6 is 0 Å². The first kappa shape index (κ1) is 25.7. The van der Waals surface area contributed by atoms with Crippen molar-refractivity contribution in [3.8, 4) is 22.3 Å². The number of rotatable bonds is 4. The summed E-state index contributed by atoms with van der Waals surface area (Å²) >= 11 is 0. The van der Waals surface area contributed by atoms with Crippen molar-refractivity contribution in [2.75, 3.05) is 0 Å². The number of nitrogens with zero attached hydrogens (tertiary/aromatic N) is 1. The first-order valence-electron chi connectivity index (χ1n) is 14.0. The molecule has 0 bridgehead atoms.